The highest BCUT2D eigenvalue weighted by atomic mass is 32.2. The molecule has 1 aromatic heterocycles. The first-order chi connectivity index (χ1) is 10.7. The number of nitrogens with one attached hydrogen (secondary N) is 1. The molecule has 1 aliphatic carbocycles. The largest absolute Gasteiger partial charge is 0.337 e. The van der Waals surface area contributed by atoms with Crippen molar-refractivity contribution in [3.63, 3.8) is 0 Å². The van der Waals surface area contributed by atoms with E-state index in [1.807, 2.05) is 20.8 Å². The van der Waals surface area contributed by atoms with Crippen LogP contribution in [-0.4, -0.2) is 45.4 Å². The Bertz CT molecular complexity index is 648. The lowest BCUT2D eigenvalue weighted by atomic mass is 9.95. The smallest absolute Gasteiger partial charge is 0.264 e. The third kappa shape index (κ3) is 3.62. The van der Waals surface area contributed by atoms with Crippen molar-refractivity contribution in [2.45, 2.75) is 63.7 Å². The Kier molecular flexibility index (Phi) is 5.23. The highest BCUT2D eigenvalue weighted by Gasteiger charge is 2.34. The molecule has 1 fully saturated rings. The van der Waals surface area contributed by atoms with Crippen molar-refractivity contribution in [1.82, 2.24) is 14.9 Å². The number of aromatic amines is 1. The Hall–Kier alpha value is -1.30. The number of hydrogen-bond donors (Lipinski definition) is 1. The highest BCUT2D eigenvalue weighted by Crippen LogP contribution is 2.32. The number of H-pyrrole nitrogens is 1. The second-order valence-corrected chi connectivity index (χ2v) is 8.39. The summed E-state index contributed by atoms with van der Waals surface area (Å²) in [5, 5.41) is 0.449. The van der Waals surface area contributed by atoms with Crippen molar-refractivity contribution in [2.24, 2.45) is 0 Å². The van der Waals surface area contributed by atoms with Crippen molar-refractivity contribution in [2.75, 3.05) is 13.3 Å². The van der Waals surface area contributed by atoms with Crippen molar-refractivity contribution < 1.29 is 4.79 Å². The van der Waals surface area contributed by atoms with Crippen molar-refractivity contribution in [1.29, 1.82) is 0 Å². The maximum absolute atomic E-state index is 12.9. The van der Waals surface area contributed by atoms with Crippen LogP contribution in [-0.2, 0) is 5.41 Å². The topological polar surface area (TPSA) is 66.1 Å². The van der Waals surface area contributed by atoms with Gasteiger partial charge >= 0.3 is 0 Å². The molecule has 23 heavy (non-hydrogen) atoms. The van der Waals surface area contributed by atoms with E-state index in [0.717, 1.165) is 19.3 Å². The minimum absolute atomic E-state index is 0.173. The number of thioether (sulfide) groups is 1. The molecule has 6 heteroatoms. The quantitative estimate of drug-likeness (QED) is 0.921. The Morgan fingerprint density at radius 2 is 2.00 bits per heavy atom. The van der Waals surface area contributed by atoms with Gasteiger partial charge in [0.1, 0.15) is 11.4 Å². The van der Waals surface area contributed by atoms with E-state index in [2.05, 4.69) is 16.2 Å². The van der Waals surface area contributed by atoms with Gasteiger partial charge in [-0.05, 0) is 26.0 Å². The van der Waals surface area contributed by atoms with Gasteiger partial charge in [-0.1, -0.05) is 27.2 Å². The number of amides is 1. The predicted octanol–water partition coefficient (Wildman–Crippen LogP) is 2.73. The van der Waals surface area contributed by atoms with Crippen LogP contribution >= 0.6 is 11.8 Å². The fourth-order valence-corrected chi connectivity index (χ4v) is 4.18. The van der Waals surface area contributed by atoms with E-state index in [4.69, 9.17) is 0 Å². The lowest BCUT2D eigenvalue weighted by molar-refractivity contribution is 0.0735. The molecule has 0 aromatic carbocycles. The molecule has 1 aromatic rings. The Morgan fingerprint density at radius 1 is 1.35 bits per heavy atom. The van der Waals surface area contributed by atoms with Crippen LogP contribution in [0.4, 0.5) is 0 Å². The van der Waals surface area contributed by atoms with E-state index in [0.29, 0.717) is 16.8 Å². The summed E-state index contributed by atoms with van der Waals surface area (Å²) in [7, 11) is 1.80. The molecule has 1 saturated carbocycles. The standard InChI is InChI=1S/C17H27N3O2S/c1-10-13(14(21)19-16(18-10)17(2,3)4)15(22)20(5)11-8-7-9-12(11)23-6/h11-12H,7-9H2,1-6H3,(H,18,19,21)/t11-,12-/m0/s1. The van der Waals surface area contributed by atoms with E-state index in [-0.39, 0.29) is 28.5 Å². The van der Waals surface area contributed by atoms with Gasteiger partial charge in [-0.2, -0.15) is 11.8 Å². The average molecular weight is 337 g/mol. The molecule has 0 bridgehead atoms. The fraction of sp³-hybridized carbons (Fsp3) is 0.706. The summed E-state index contributed by atoms with van der Waals surface area (Å²) >= 11 is 1.80. The molecule has 0 saturated heterocycles. The first kappa shape index (κ1) is 18.0. The summed E-state index contributed by atoms with van der Waals surface area (Å²) < 4.78 is 0. The molecule has 1 aliphatic rings. The lowest BCUT2D eigenvalue weighted by Crippen LogP contribution is -2.43. The van der Waals surface area contributed by atoms with Gasteiger partial charge in [0.05, 0.1) is 5.69 Å². The summed E-state index contributed by atoms with van der Waals surface area (Å²) in [4.78, 5) is 34.3. The second kappa shape index (κ2) is 6.67. The van der Waals surface area contributed by atoms with Crippen molar-refractivity contribution in [3.8, 4) is 0 Å². The van der Waals surface area contributed by atoms with Gasteiger partial charge in [0.15, 0.2) is 0 Å². The number of aromatic nitrogens is 2. The number of carbonyl (C=O) groups is 1. The van der Waals surface area contributed by atoms with Crippen LogP contribution in [0, 0.1) is 6.92 Å². The molecule has 2 rings (SSSR count). The lowest BCUT2D eigenvalue weighted by Gasteiger charge is -2.29. The van der Waals surface area contributed by atoms with Crippen LogP contribution in [0.5, 0.6) is 0 Å². The molecule has 0 spiro atoms. The van der Waals surface area contributed by atoms with Gasteiger partial charge in [0, 0.05) is 23.8 Å². The van der Waals surface area contributed by atoms with Gasteiger partial charge in [-0.3, -0.25) is 9.59 Å². The molecule has 1 amide bonds. The molecule has 1 heterocycles. The number of carbonyl (C=O) groups excluding carboxylic acids is 1. The molecule has 128 valence electrons. The van der Waals surface area contributed by atoms with E-state index in [1.54, 1.807) is 30.6 Å². The van der Waals surface area contributed by atoms with Gasteiger partial charge in [0.2, 0.25) is 0 Å². The van der Waals surface area contributed by atoms with Crippen LogP contribution in [0.25, 0.3) is 0 Å². The fourth-order valence-electron chi connectivity index (χ4n) is 3.14. The van der Waals surface area contributed by atoms with E-state index in [1.165, 1.54) is 0 Å². The first-order valence-corrected chi connectivity index (χ1v) is 9.37. The monoisotopic (exact) mass is 337 g/mol. The molecule has 0 unspecified atom stereocenters. The van der Waals surface area contributed by atoms with Crippen molar-refractivity contribution >= 4 is 17.7 Å². The predicted molar refractivity (Wildman–Crippen MR) is 95.3 cm³/mol. The minimum Gasteiger partial charge on any atom is -0.337 e. The van der Waals surface area contributed by atoms with E-state index >= 15 is 0 Å². The maximum Gasteiger partial charge on any atom is 0.264 e. The van der Waals surface area contributed by atoms with Crippen LogP contribution in [0.2, 0.25) is 0 Å². The summed E-state index contributed by atoms with van der Waals surface area (Å²) in [5.74, 6) is 0.393. The number of nitrogens with zero attached hydrogens (tertiary/aromatic N) is 2. The second-order valence-electron chi connectivity index (χ2n) is 7.31. The Balaban J connectivity index is 2.35. The summed E-state index contributed by atoms with van der Waals surface area (Å²) in [6.45, 7) is 7.70. The van der Waals surface area contributed by atoms with Crippen LogP contribution in [0.3, 0.4) is 0 Å². The van der Waals surface area contributed by atoms with Gasteiger partial charge < -0.3 is 9.88 Å². The van der Waals surface area contributed by atoms with Gasteiger partial charge in [0.25, 0.3) is 11.5 Å². The zero-order valence-corrected chi connectivity index (χ0v) is 15.7. The number of rotatable bonds is 3. The third-order valence-corrected chi connectivity index (χ3v) is 5.72. The van der Waals surface area contributed by atoms with Crippen LogP contribution in [0.1, 0.15) is 61.9 Å². The summed E-state index contributed by atoms with van der Waals surface area (Å²) in [5.41, 5.74) is 0.0896. The van der Waals surface area contributed by atoms with Crippen LogP contribution < -0.4 is 5.56 Å². The SMILES string of the molecule is CS[C@H]1CCC[C@@H]1N(C)C(=O)c1c(C)nc(C(C)(C)C)[nH]c1=O. The molecule has 0 aliphatic heterocycles. The Labute approximate surface area is 142 Å². The van der Waals surface area contributed by atoms with Crippen molar-refractivity contribution in [3.05, 3.63) is 27.4 Å². The van der Waals surface area contributed by atoms with E-state index in [9.17, 15) is 9.59 Å². The normalized spacial score (nSPS) is 21.5. The minimum atomic E-state index is -0.335. The Morgan fingerprint density at radius 3 is 2.52 bits per heavy atom. The maximum atomic E-state index is 12.9. The summed E-state index contributed by atoms with van der Waals surface area (Å²) in [6.07, 6.45) is 5.33. The van der Waals surface area contributed by atoms with E-state index < -0.39 is 0 Å². The zero-order valence-electron chi connectivity index (χ0n) is 14.9. The molecular weight excluding hydrogens is 310 g/mol. The third-order valence-electron chi connectivity index (χ3n) is 4.56. The molecule has 2 atom stereocenters. The first-order valence-electron chi connectivity index (χ1n) is 8.08. The number of hydrogen-bond acceptors (Lipinski definition) is 4. The summed E-state index contributed by atoms with van der Waals surface area (Å²) in [6, 6.07) is 0.193. The average Bonchev–Trinajstić information content (AvgIpc) is 2.92. The van der Waals surface area contributed by atoms with Crippen LogP contribution in [0.15, 0.2) is 4.79 Å². The molecular formula is C17H27N3O2S. The van der Waals surface area contributed by atoms with Gasteiger partial charge in [-0.15, -0.1) is 0 Å². The molecule has 0 radical (unpaired) electrons. The highest BCUT2D eigenvalue weighted by molar-refractivity contribution is 7.99. The molecule has 5 nitrogen and oxygen atoms in total. The van der Waals surface area contributed by atoms with Gasteiger partial charge in [-0.25, -0.2) is 4.98 Å². The zero-order chi connectivity index (χ0) is 17.4. The number of aryl methyl sites for hydroxylation is 1. The molecule has 1 N–H and O–H groups in total.